The summed E-state index contributed by atoms with van der Waals surface area (Å²) in [6, 6.07) is 7.75. The van der Waals surface area contributed by atoms with Gasteiger partial charge in [0.25, 0.3) is 0 Å². The molecular weight excluding hydrogens is 304 g/mol. The highest BCUT2D eigenvalue weighted by Gasteiger charge is 2.29. The number of methoxy groups -OCH3 is 1. The molecule has 2 amide bonds. The topological polar surface area (TPSA) is 49.9 Å². The van der Waals surface area contributed by atoms with Gasteiger partial charge in [-0.3, -0.25) is 9.59 Å². The minimum atomic E-state index is -0.0807. The van der Waals surface area contributed by atoms with Crippen molar-refractivity contribution in [3.63, 3.8) is 0 Å². The Balaban J connectivity index is 1.92. The lowest BCUT2D eigenvalue weighted by molar-refractivity contribution is -0.140. The van der Waals surface area contributed by atoms with Gasteiger partial charge in [-0.2, -0.15) is 0 Å². The number of carbonyl (C=O) groups is 2. The first-order chi connectivity index (χ1) is 11.5. The molecular formula is C19H28N2O3. The Morgan fingerprint density at radius 2 is 2.00 bits per heavy atom. The van der Waals surface area contributed by atoms with Crippen molar-refractivity contribution in [1.82, 2.24) is 9.80 Å². The molecule has 0 saturated carbocycles. The molecule has 1 saturated heterocycles. The summed E-state index contributed by atoms with van der Waals surface area (Å²) >= 11 is 0. The number of piperidine rings is 1. The van der Waals surface area contributed by atoms with Gasteiger partial charge in [0.15, 0.2) is 0 Å². The van der Waals surface area contributed by atoms with Crippen LogP contribution in [0.4, 0.5) is 0 Å². The molecule has 1 unspecified atom stereocenters. The van der Waals surface area contributed by atoms with Crippen molar-refractivity contribution >= 4 is 11.8 Å². The highest BCUT2D eigenvalue weighted by molar-refractivity contribution is 5.81. The van der Waals surface area contributed by atoms with Crippen LogP contribution in [0.3, 0.4) is 0 Å². The molecule has 1 atom stereocenters. The number of carbonyl (C=O) groups excluding carboxylic acids is 2. The van der Waals surface area contributed by atoms with Crippen molar-refractivity contribution in [1.29, 1.82) is 0 Å². The van der Waals surface area contributed by atoms with Crippen LogP contribution in [0.15, 0.2) is 24.3 Å². The van der Waals surface area contributed by atoms with Crippen LogP contribution >= 0.6 is 0 Å². The van der Waals surface area contributed by atoms with Gasteiger partial charge in [-0.05, 0) is 37.0 Å². The molecule has 0 aliphatic carbocycles. The third kappa shape index (κ3) is 4.73. The molecule has 0 bridgehead atoms. The van der Waals surface area contributed by atoms with Crippen molar-refractivity contribution in [2.45, 2.75) is 39.2 Å². The smallest absolute Gasteiger partial charge is 0.227 e. The van der Waals surface area contributed by atoms with Crippen LogP contribution in [0.5, 0.6) is 5.75 Å². The molecule has 1 aliphatic rings. The Kier molecular flexibility index (Phi) is 6.64. The number of likely N-dealkylation sites (tertiary alicyclic amines) is 1. The minimum absolute atomic E-state index is 0.0807. The molecule has 0 radical (unpaired) electrons. The first-order valence-corrected chi connectivity index (χ1v) is 8.70. The van der Waals surface area contributed by atoms with E-state index in [1.54, 1.807) is 12.0 Å². The maximum absolute atomic E-state index is 12.7. The van der Waals surface area contributed by atoms with E-state index in [1.165, 1.54) is 0 Å². The summed E-state index contributed by atoms with van der Waals surface area (Å²) < 4.78 is 5.15. The van der Waals surface area contributed by atoms with Crippen molar-refractivity contribution in [3.8, 4) is 5.75 Å². The second kappa shape index (κ2) is 8.71. The standard InChI is InChI=1S/C19H28N2O3/c1-4-6-18(22)21-12-5-7-16(14-21)19(23)20(2)13-15-8-10-17(24-3)11-9-15/h8-11,16H,4-7,12-14H2,1-3H3. The number of rotatable bonds is 6. The molecule has 1 fully saturated rings. The summed E-state index contributed by atoms with van der Waals surface area (Å²) in [6.45, 7) is 3.92. The molecule has 132 valence electrons. The summed E-state index contributed by atoms with van der Waals surface area (Å²) in [4.78, 5) is 28.4. The van der Waals surface area contributed by atoms with Gasteiger partial charge in [-0.25, -0.2) is 0 Å². The third-order valence-corrected chi connectivity index (χ3v) is 4.54. The van der Waals surface area contributed by atoms with E-state index in [1.807, 2.05) is 43.1 Å². The molecule has 24 heavy (non-hydrogen) atoms. The Morgan fingerprint density at radius 3 is 2.62 bits per heavy atom. The van der Waals surface area contributed by atoms with Crippen molar-refractivity contribution in [3.05, 3.63) is 29.8 Å². The average molecular weight is 332 g/mol. The van der Waals surface area contributed by atoms with E-state index >= 15 is 0 Å². The maximum atomic E-state index is 12.7. The molecule has 5 heteroatoms. The van der Waals surface area contributed by atoms with Crippen molar-refractivity contribution < 1.29 is 14.3 Å². The Labute approximate surface area is 144 Å². The lowest BCUT2D eigenvalue weighted by Crippen LogP contribution is -2.45. The number of benzene rings is 1. The van der Waals surface area contributed by atoms with Crippen LogP contribution < -0.4 is 4.74 Å². The molecule has 0 spiro atoms. The lowest BCUT2D eigenvalue weighted by Gasteiger charge is -2.34. The van der Waals surface area contributed by atoms with Gasteiger partial charge in [0.2, 0.25) is 11.8 Å². The Bertz CT molecular complexity index is 556. The Hall–Kier alpha value is -2.04. The molecule has 1 aromatic rings. The van der Waals surface area contributed by atoms with Gasteiger partial charge in [-0.1, -0.05) is 19.1 Å². The number of ether oxygens (including phenoxy) is 1. The highest BCUT2D eigenvalue weighted by Crippen LogP contribution is 2.21. The zero-order chi connectivity index (χ0) is 17.5. The normalized spacial score (nSPS) is 17.5. The fourth-order valence-corrected chi connectivity index (χ4v) is 3.17. The fourth-order valence-electron chi connectivity index (χ4n) is 3.17. The first kappa shape index (κ1) is 18.3. The van der Waals surface area contributed by atoms with Crippen LogP contribution in [-0.4, -0.2) is 48.9 Å². The van der Waals surface area contributed by atoms with E-state index in [0.29, 0.717) is 19.5 Å². The SMILES string of the molecule is CCCC(=O)N1CCCC(C(=O)N(C)Cc2ccc(OC)cc2)C1. The largest absolute Gasteiger partial charge is 0.497 e. The quantitative estimate of drug-likeness (QED) is 0.805. The van der Waals surface area contributed by atoms with Gasteiger partial charge in [0.05, 0.1) is 13.0 Å². The lowest BCUT2D eigenvalue weighted by atomic mass is 9.96. The number of hydrogen-bond acceptors (Lipinski definition) is 3. The Morgan fingerprint density at radius 1 is 1.29 bits per heavy atom. The van der Waals surface area contributed by atoms with Crippen molar-refractivity contribution in [2.24, 2.45) is 5.92 Å². The summed E-state index contributed by atoms with van der Waals surface area (Å²) in [7, 11) is 3.47. The maximum Gasteiger partial charge on any atom is 0.227 e. The van der Waals surface area contributed by atoms with Gasteiger partial charge in [0.1, 0.15) is 5.75 Å². The van der Waals surface area contributed by atoms with Gasteiger partial charge < -0.3 is 14.5 Å². The first-order valence-electron chi connectivity index (χ1n) is 8.70. The minimum Gasteiger partial charge on any atom is -0.497 e. The van der Waals surface area contributed by atoms with E-state index in [0.717, 1.165) is 37.1 Å². The van der Waals surface area contributed by atoms with E-state index in [4.69, 9.17) is 4.74 Å². The van der Waals surface area contributed by atoms with Gasteiger partial charge in [0, 0.05) is 33.1 Å². The van der Waals surface area contributed by atoms with Crippen molar-refractivity contribution in [2.75, 3.05) is 27.2 Å². The number of hydrogen-bond donors (Lipinski definition) is 0. The van der Waals surface area contributed by atoms with Crippen LogP contribution in [0.2, 0.25) is 0 Å². The molecule has 1 aromatic carbocycles. The number of amides is 2. The van der Waals surface area contributed by atoms with Gasteiger partial charge >= 0.3 is 0 Å². The zero-order valence-corrected chi connectivity index (χ0v) is 15.0. The summed E-state index contributed by atoms with van der Waals surface area (Å²) in [6.07, 6.45) is 3.19. The molecule has 1 aliphatic heterocycles. The molecule has 1 heterocycles. The summed E-state index contributed by atoms with van der Waals surface area (Å²) in [5.74, 6) is 1.03. The molecule has 0 aromatic heterocycles. The predicted octanol–water partition coefficient (Wildman–Crippen LogP) is 2.69. The summed E-state index contributed by atoms with van der Waals surface area (Å²) in [5.41, 5.74) is 1.07. The second-order valence-corrected chi connectivity index (χ2v) is 6.47. The van der Waals surface area contributed by atoms with E-state index in [2.05, 4.69) is 0 Å². The van der Waals surface area contributed by atoms with E-state index in [9.17, 15) is 9.59 Å². The highest BCUT2D eigenvalue weighted by atomic mass is 16.5. The molecule has 5 nitrogen and oxygen atoms in total. The predicted molar refractivity (Wildman–Crippen MR) is 93.7 cm³/mol. The second-order valence-electron chi connectivity index (χ2n) is 6.47. The van der Waals surface area contributed by atoms with Crippen LogP contribution in [0.1, 0.15) is 38.2 Å². The molecule has 0 N–H and O–H groups in total. The summed E-state index contributed by atoms with van der Waals surface area (Å²) in [5, 5.41) is 0. The van der Waals surface area contributed by atoms with E-state index in [-0.39, 0.29) is 17.7 Å². The molecule has 2 rings (SSSR count). The van der Waals surface area contributed by atoms with E-state index < -0.39 is 0 Å². The average Bonchev–Trinajstić information content (AvgIpc) is 2.62. The zero-order valence-electron chi connectivity index (χ0n) is 15.0. The van der Waals surface area contributed by atoms with Crippen LogP contribution in [0, 0.1) is 5.92 Å². The van der Waals surface area contributed by atoms with Crippen LogP contribution in [0.25, 0.3) is 0 Å². The van der Waals surface area contributed by atoms with Gasteiger partial charge in [-0.15, -0.1) is 0 Å². The third-order valence-electron chi connectivity index (χ3n) is 4.54. The monoisotopic (exact) mass is 332 g/mol. The fraction of sp³-hybridized carbons (Fsp3) is 0.579. The van der Waals surface area contributed by atoms with Crippen LogP contribution in [-0.2, 0) is 16.1 Å². The number of nitrogens with zero attached hydrogens (tertiary/aromatic N) is 2.